The number of hydrogen-bond acceptors (Lipinski definition) is 8. The smallest absolute Gasteiger partial charge is 0.305 e. The minimum atomic E-state index is -0.867. The lowest BCUT2D eigenvalue weighted by Crippen LogP contribution is -2.25. The normalized spacial score (nSPS) is 14.2. The topological polar surface area (TPSA) is 85.3 Å². The van der Waals surface area contributed by atoms with Gasteiger partial charge in [0.25, 0.3) is 0 Å². The minimum absolute atomic E-state index is 0.250. The van der Waals surface area contributed by atoms with E-state index >= 15 is 0 Å². The second kappa shape index (κ2) is 13.8. The molecule has 0 saturated carbocycles. The van der Waals surface area contributed by atoms with Crippen molar-refractivity contribution in [3.63, 3.8) is 0 Å². The maximum Gasteiger partial charge on any atom is 0.305 e. The van der Waals surface area contributed by atoms with Crippen LogP contribution in [-0.4, -0.2) is 62.2 Å². The zero-order valence-corrected chi connectivity index (χ0v) is 24.0. The summed E-state index contributed by atoms with van der Waals surface area (Å²) in [6, 6.07) is 21.1. The van der Waals surface area contributed by atoms with Gasteiger partial charge in [-0.1, -0.05) is 30.3 Å². The predicted octanol–water partition coefficient (Wildman–Crippen LogP) is 6.27. The summed E-state index contributed by atoms with van der Waals surface area (Å²) in [6.45, 7) is 4.15. The number of carbonyl (C=O) groups is 2. The summed E-state index contributed by atoms with van der Waals surface area (Å²) in [6.07, 6.45) is 3.16. The van der Waals surface area contributed by atoms with Crippen LogP contribution in [0.4, 0.5) is 0 Å². The van der Waals surface area contributed by atoms with E-state index in [-0.39, 0.29) is 12.4 Å². The molecule has 1 aliphatic rings. The number of fused-ring (bicyclic) bond motifs is 1. The average molecular weight is 574 g/mol. The van der Waals surface area contributed by atoms with Crippen molar-refractivity contribution in [2.24, 2.45) is 0 Å². The number of benzene rings is 3. The van der Waals surface area contributed by atoms with Crippen molar-refractivity contribution in [1.29, 1.82) is 0 Å². The Morgan fingerprint density at radius 2 is 1.80 bits per heavy atom. The first-order valence-corrected chi connectivity index (χ1v) is 14.8. The lowest BCUT2D eigenvalue weighted by atomic mass is 9.95. The average Bonchev–Trinajstić information content (AvgIpc) is 3.67. The first-order chi connectivity index (χ1) is 20.1. The number of thiophene rings is 1. The van der Waals surface area contributed by atoms with E-state index in [1.165, 1.54) is 20.0 Å². The fourth-order valence-electron chi connectivity index (χ4n) is 5.18. The fourth-order valence-corrected chi connectivity index (χ4v) is 6.41. The number of aldehydes is 1. The van der Waals surface area contributed by atoms with Crippen molar-refractivity contribution < 1.29 is 28.9 Å². The molecule has 0 aliphatic carbocycles. The third-order valence-corrected chi connectivity index (χ3v) is 8.62. The number of aliphatic hydroxyl groups is 1. The molecule has 0 radical (unpaired) electrons. The van der Waals surface area contributed by atoms with Crippen molar-refractivity contribution in [2.45, 2.75) is 31.8 Å². The highest BCUT2D eigenvalue weighted by molar-refractivity contribution is 7.22. The molecule has 0 amide bonds. The molecule has 4 aromatic rings. The molecule has 1 atom stereocenters. The summed E-state index contributed by atoms with van der Waals surface area (Å²) in [5, 5.41) is 12.6. The Morgan fingerprint density at radius 1 is 1.02 bits per heavy atom. The zero-order chi connectivity index (χ0) is 28.6. The minimum Gasteiger partial charge on any atom is -0.493 e. The summed E-state index contributed by atoms with van der Waals surface area (Å²) in [5.74, 6) is 0.945. The number of likely N-dealkylation sites (tertiary alicyclic amines) is 1. The summed E-state index contributed by atoms with van der Waals surface area (Å²) in [4.78, 5) is 26.6. The van der Waals surface area contributed by atoms with Crippen molar-refractivity contribution in [2.75, 3.05) is 40.0 Å². The largest absolute Gasteiger partial charge is 0.493 e. The highest BCUT2D eigenvalue weighted by atomic mass is 32.1. The SMILES string of the molecule is COC(=O)CCCOc1ccc(-c2sc3ccccc3c2C(O)c2ccc(OCCN3CCCC3)cc2)cc1C=O. The van der Waals surface area contributed by atoms with Gasteiger partial charge in [0.2, 0.25) is 0 Å². The highest BCUT2D eigenvalue weighted by Gasteiger charge is 2.23. The molecule has 214 valence electrons. The Morgan fingerprint density at radius 3 is 2.56 bits per heavy atom. The van der Waals surface area contributed by atoms with Crippen LogP contribution in [-0.2, 0) is 9.53 Å². The molecule has 1 fully saturated rings. The summed E-state index contributed by atoms with van der Waals surface area (Å²) in [5.41, 5.74) is 2.81. The van der Waals surface area contributed by atoms with Gasteiger partial charge in [0, 0.05) is 28.1 Å². The molecule has 1 unspecified atom stereocenters. The number of methoxy groups -OCH3 is 1. The van der Waals surface area contributed by atoms with Crippen molar-refractivity contribution in [1.82, 2.24) is 4.90 Å². The van der Waals surface area contributed by atoms with Gasteiger partial charge in [0.15, 0.2) is 6.29 Å². The van der Waals surface area contributed by atoms with Crippen LogP contribution in [0, 0.1) is 0 Å². The molecule has 8 heteroatoms. The summed E-state index contributed by atoms with van der Waals surface area (Å²) >= 11 is 1.58. The third kappa shape index (κ3) is 6.96. The number of hydrogen-bond donors (Lipinski definition) is 1. The van der Waals surface area contributed by atoms with Gasteiger partial charge in [-0.15, -0.1) is 11.3 Å². The molecule has 1 saturated heterocycles. The molecule has 1 aliphatic heterocycles. The van der Waals surface area contributed by atoms with Crippen LogP contribution in [0.25, 0.3) is 20.5 Å². The van der Waals surface area contributed by atoms with E-state index in [0.29, 0.717) is 30.9 Å². The first-order valence-electron chi connectivity index (χ1n) is 14.0. The molecule has 0 bridgehead atoms. The summed E-state index contributed by atoms with van der Waals surface area (Å²) in [7, 11) is 1.35. The number of rotatable bonds is 13. The quantitative estimate of drug-likeness (QED) is 0.115. The van der Waals surface area contributed by atoms with E-state index in [2.05, 4.69) is 9.64 Å². The molecule has 5 rings (SSSR count). The maximum atomic E-state index is 12.0. The lowest BCUT2D eigenvalue weighted by Gasteiger charge is -2.17. The molecule has 1 N–H and O–H groups in total. The molecular weight excluding hydrogens is 538 g/mol. The zero-order valence-electron chi connectivity index (χ0n) is 23.2. The van der Waals surface area contributed by atoms with Crippen LogP contribution < -0.4 is 9.47 Å². The van der Waals surface area contributed by atoms with Crippen LogP contribution in [0.1, 0.15) is 53.3 Å². The van der Waals surface area contributed by atoms with Gasteiger partial charge < -0.3 is 19.3 Å². The number of ether oxygens (including phenoxy) is 3. The van der Waals surface area contributed by atoms with Gasteiger partial charge in [0.05, 0.1) is 19.3 Å². The Hall–Kier alpha value is -3.72. The van der Waals surface area contributed by atoms with Gasteiger partial charge in [-0.25, -0.2) is 0 Å². The Balaban J connectivity index is 1.36. The number of nitrogens with zero attached hydrogens (tertiary/aromatic N) is 1. The predicted molar refractivity (Wildman–Crippen MR) is 161 cm³/mol. The van der Waals surface area contributed by atoms with E-state index in [0.717, 1.165) is 63.3 Å². The second-order valence-corrected chi connectivity index (χ2v) is 11.2. The van der Waals surface area contributed by atoms with E-state index in [1.807, 2.05) is 54.6 Å². The fraction of sp³-hybridized carbons (Fsp3) is 0.333. The standard InChI is InChI=1S/C33H35NO6S/c1-38-30(36)9-6-19-40-28-15-12-24(21-25(28)22-35)33-31(27-7-2-3-8-29(27)41-33)32(37)23-10-13-26(14-11-23)39-20-18-34-16-4-5-17-34/h2-3,7-8,10-15,21-22,32,37H,4-6,9,16-20H2,1H3. The van der Waals surface area contributed by atoms with Crippen LogP contribution in [0.2, 0.25) is 0 Å². The van der Waals surface area contributed by atoms with Gasteiger partial charge in [-0.2, -0.15) is 0 Å². The second-order valence-electron chi connectivity index (χ2n) is 10.1. The molecule has 7 nitrogen and oxygen atoms in total. The van der Waals surface area contributed by atoms with E-state index in [4.69, 9.17) is 9.47 Å². The number of carbonyl (C=O) groups excluding carboxylic acids is 2. The molecule has 2 heterocycles. The Bertz CT molecular complexity index is 1480. The van der Waals surface area contributed by atoms with Crippen LogP contribution >= 0.6 is 11.3 Å². The lowest BCUT2D eigenvalue weighted by molar-refractivity contribution is -0.140. The van der Waals surface area contributed by atoms with Crippen LogP contribution in [0.3, 0.4) is 0 Å². The molecule has 0 spiro atoms. The molecule has 41 heavy (non-hydrogen) atoms. The number of aliphatic hydroxyl groups excluding tert-OH is 1. The number of esters is 1. The van der Waals surface area contributed by atoms with E-state index < -0.39 is 6.10 Å². The van der Waals surface area contributed by atoms with Crippen molar-refractivity contribution >= 4 is 33.7 Å². The molecule has 3 aromatic carbocycles. The Kier molecular flexibility index (Phi) is 9.67. The van der Waals surface area contributed by atoms with Crippen LogP contribution in [0.5, 0.6) is 11.5 Å². The maximum absolute atomic E-state index is 12.0. The van der Waals surface area contributed by atoms with Gasteiger partial charge in [-0.3, -0.25) is 14.5 Å². The van der Waals surface area contributed by atoms with Gasteiger partial charge in [-0.05, 0) is 85.3 Å². The monoisotopic (exact) mass is 573 g/mol. The van der Waals surface area contributed by atoms with Gasteiger partial charge in [0.1, 0.15) is 24.2 Å². The van der Waals surface area contributed by atoms with E-state index in [1.54, 1.807) is 23.5 Å². The van der Waals surface area contributed by atoms with Crippen molar-refractivity contribution in [3.8, 4) is 21.9 Å². The van der Waals surface area contributed by atoms with Gasteiger partial charge >= 0.3 is 5.97 Å². The van der Waals surface area contributed by atoms with Crippen LogP contribution in [0.15, 0.2) is 66.7 Å². The van der Waals surface area contributed by atoms with E-state index in [9.17, 15) is 14.7 Å². The first kappa shape index (κ1) is 28.8. The Labute approximate surface area is 244 Å². The molecule has 1 aromatic heterocycles. The van der Waals surface area contributed by atoms with Crippen molar-refractivity contribution in [3.05, 3.63) is 83.4 Å². The highest BCUT2D eigenvalue weighted by Crippen LogP contribution is 2.44. The summed E-state index contributed by atoms with van der Waals surface area (Å²) < 4.78 is 17.5. The third-order valence-electron chi connectivity index (χ3n) is 7.39. The molecular formula is C33H35NO6S.